The summed E-state index contributed by atoms with van der Waals surface area (Å²) in [6.45, 7) is 6.47. The molecule has 0 bridgehead atoms. The Labute approximate surface area is 111 Å². The van der Waals surface area contributed by atoms with E-state index in [1.165, 1.54) is 0 Å². The molecule has 90 valence electrons. The zero-order valence-corrected chi connectivity index (χ0v) is 13.3. The van der Waals surface area contributed by atoms with Gasteiger partial charge in [0.25, 0.3) is 0 Å². The molecule has 0 aromatic heterocycles. The van der Waals surface area contributed by atoms with Gasteiger partial charge in [-0.3, -0.25) is 0 Å². The Hall–Kier alpha value is 0.240. The lowest BCUT2D eigenvalue weighted by Gasteiger charge is -2.18. The maximum Gasteiger partial charge on any atom is 0.0973 e. The van der Waals surface area contributed by atoms with Gasteiger partial charge in [0.1, 0.15) is 0 Å². The van der Waals surface area contributed by atoms with Crippen LogP contribution in [0.1, 0.15) is 26.3 Å². The number of halogens is 1. The van der Waals surface area contributed by atoms with E-state index in [1.54, 1.807) is 0 Å². The Kier molecular flexibility index (Phi) is 5.11. The normalized spacial score (nSPS) is 13.8. The zero-order valence-electron chi connectivity index (χ0n) is 9.71. The molecule has 0 saturated heterocycles. The summed E-state index contributed by atoms with van der Waals surface area (Å²) in [6, 6.07) is 6.08. The predicted octanol–water partition coefficient (Wildman–Crippen LogP) is 2.50. The largest absolute Gasteiger partial charge is 0.242 e. The third-order valence-electron chi connectivity index (χ3n) is 2.03. The first-order valence-corrected chi connectivity index (χ1v) is 7.52. The second-order valence-corrected chi connectivity index (χ2v) is 8.12. The first kappa shape index (κ1) is 14.3. The summed E-state index contributed by atoms with van der Waals surface area (Å²) in [7, 11) is 1.62. The van der Waals surface area contributed by atoms with Crippen molar-refractivity contribution in [3.63, 3.8) is 0 Å². The minimum Gasteiger partial charge on any atom is -0.242 e. The molecular formula is C11H17BrNOPS. The van der Waals surface area contributed by atoms with Crippen LogP contribution in [0.3, 0.4) is 0 Å². The Bertz CT molecular complexity index is 403. The number of nitrogens with one attached hydrogen (secondary N) is 1. The van der Waals surface area contributed by atoms with Gasteiger partial charge < -0.3 is 0 Å². The van der Waals surface area contributed by atoms with Crippen LogP contribution in [0.25, 0.3) is 0 Å². The van der Waals surface area contributed by atoms with E-state index < -0.39 is 11.0 Å². The molecule has 1 N–H and O–H groups in total. The van der Waals surface area contributed by atoms with Crippen molar-refractivity contribution in [2.24, 2.45) is 0 Å². The van der Waals surface area contributed by atoms with Gasteiger partial charge in [-0.15, -0.1) is 9.24 Å². The van der Waals surface area contributed by atoms with Crippen LogP contribution in [0.2, 0.25) is 0 Å². The van der Waals surface area contributed by atoms with E-state index in [4.69, 9.17) is 0 Å². The van der Waals surface area contributed by atoms with E-state index in [0.29, 0.717) is 6.54 Å². The molecule has 0 radical (unpaired) electrons. The van der Waals surface area contributed by atoms with Gasteiger partial charge in [-0.1, -0.05) is 28.1 Å². The first-order valence-electron chi connectivity index (χ1n) is 5.00. The standard InChI is InChI=1S/C11H17BrNOPS/c1-11(2,3)16(14)13-7-8-4-5-9(15)6-10(8)12/h4-6,13H,7,15H2,1-3H3. The van der Waals surface area contributed by atoms with Crippen molar-refractivity contribution in [1.82, 2.24) is 4.72 Å². The van der Waals surface area contributed by atoms with Gasteiger partial charge in [-0.2, -0.15) is 0 Å². The Balaban J connectivity index is 2.65. The molecule has 1 aromatic carbocycles. The molecule has 0 aliphatic heterocycles. The highest BCUT2D eigenvalue weighted by Crippen LogP contribution is 2.17. The highest BCUT2D eigenvalue weighted by Gasteiger charge is 2.19. The molecule has 0 saturated carbocycles. The second-order valence-electron chi connectivity index (χ2n) is 4.55. The Morgan fingerprint density at radius 2 is 2.06 bits per heavy atom. The highest BCUT2D eigenvalue weighted by atomic mass is 79.9. The number of benzene rings is 1. The van der Waals surface area contributed by atoms with E-state index in [1.807, 2.05) is 39.0 Å². The van der Waals surface area contributed by atoms with Gasteiger partial charge in [-0.25, -0.2) is 8.93 Å². The molecule has 2 unspecified atom stereocenters. The average Bonchev–Trinajstić information content (AvgIpc) is 2.14. The van der Waals surface area contributed by atoms with Crippen molar-refractivity contribution in [3.8, 4) is 0 Å². The van der Waals surface area contributed by atoms with Crippen molar-refractivity contribution in [1.29, 1.82) is 0 Å². The maximum atomic E-state index is 11.8. The fourth-order valence-corrected chi connectivity index (χ4v) is 2.83. The lowest BCUT2D eigenvalue weighted by Crippen LogP contribution is -2.32. The molecule has 2 nitrogen and oxygen atoms in total. The monoisotopic (exact) mass is 321 g/mol. The topological polar surface area (TPSA) is 29.1 Å². The summed E-state index contributed by atoms with van der Waals surface area (Å²) < 4.78 is 15.6. The van der Waals surface area contributed by atoms with Gasteiger partial charge in [-0.05, 0) is 37.7 Å². The fourth-order valence-electron chi connectivity index (χ4n) is 1.07. The van der Waals surface area contributed by atoms with Crippen molar-refractivity contribution in [2.75, 3.05) is 0 Å². The van der Waals surface area contributed by atoms with Crippen LogP contribution in [-0.2, 0) is 17.5 Å². The summed E-state index contributed by atoms with van der Waals surface area (Å²) in [4.78, 5) is 0. The Morgan fingerprint density at radius 3 is 2.56 bits per heavy atom. The quantitative estimate of drug-likeness (QED) is 0.851. The lowest BCUT2D eigenvalue weighted by atomic mass is 10.2. The lowest BCUT2D eigenvalue weighted by molar-refractivity contribution is 0.635. The van der Waals surface area contributed by atoms with Gasteiger partial charge in [0.2, 0.25) is 0 Å². The third kappa shape index (κ3) is 4.25. The number of hydrogen-bond donors (Lipinski definition) is 1. The van der Waals surface area contributed by atoms with Gasteiger partial charge in [0.15, 0.2) is 0 Å². The molecule has 1 rings (SSSR count). The molecule has 5 heteroatoms. The fraction of sp³-hybridized carbons (Fsp3) is 0.455. The molecule has 0 amide bonds. The minimum atomic E-state index is -1.03. The van der Waals surface area contributed by atoms with Crippen LogP contribution in [0.4, 0.5) is 0 Å². The second kappa shape index (κ2) is 5.72. The molecule has 0 fully saturated rings. The molecule has 16 heavy (non-hydrogen) atoms. The summed E-state index contributed by atoms with van der Waals surface area (Å²) in [5.74, 6) is 0. The van der Waals surface area contributed by atoms with E-state index in [-0.39, 0.29) is 4.75 Å². The zero-order chi connectivity index (χ0) is 12.3. The van der Waals surface area contributed by atoms with E-state index in [0.717, 1.165) is 15.3 Å². The predicted molar refractivity (Wildman–Crippen MR) is 78.2 cm³/mol. The third-order valence-corrected chi connectivity index (χ3v) is 4.64. The van der Waals surface area contributed by atoms with Crippen LogP contribution in [-0.4, -0.2) is 8.96 Å². The van der Waals surface area contributed by atoms with Gasteiger partial charge >= 0.3 is 0 Å². The molecular weight excluding hydrogens is 305 g/mol. The van der Waals surface area contributed by atoms with Crippen molar-refractivity contribution >= 4 is 41.5 Å². The van der Waals surface area contributed by atoms with Gasteiger partial charge in [0, 0.05) is 11.0 Å². The summed E-state index contributed by atoms with van der Waals surface area (Å²) in [5.41, 5.74) is 1.11. The average molecular weight is 322 g/mol. The molecule has 0 heterocycles. The molecule has 0 aliphatic carbocycles. The highest BCUT2D eigenvalue weighted by molar-refractivity contribution is 9.10. The molecule has 1 aromatic rings. The maximum absolute atomic E-state index is 11.8. The van der Waals surface area contributed by atoms with E-state index in [9.17, 15) is 4.21 Å². The molecule has 0 spiro atoms. The Morgan fingerprint density at radius 1 is 1.44 bits per heavy atom. The van der Waals surface area contributed by atoms with E-state index >= 15 is 0 Å². The van der Waals surface area contributed by atoms with Crippen LogP contribution in [0.5, 0.6) is 0 Å². The van der Waals surface area contributed by atoms with Crippen molar-refractivity contribution in [2.45, 2.75) is 32.1 Å². The summed E-state index contributed by atoms with van der Waals surface area (Å²) in [5, 5.41) is 1.13. The number of rotatable bonds is 3. The molecule has 0 aliphatic rings. The van der Waals surface area contributed by atoms with Crippen molar-refractivity contribution < 1.29 is 4.21 Å². The van der Waals surface area contributed by atoms with Crippen LogP contribution >= 0.6 is 25.2 Å². The van der Waals surface area contributed by atoms with Crippen molar-refractivity contribution in [3.05, 3.63) is 28.2 Å². The summed E-state index contributed by atoms with van der Waals surface area (Å²) >= 11 is 3.50. The van der Waals surface area contributed by atoms with Gasteiger partial charge in [0.05, 0.1) is 15.7 Å². The smallest absolute Gasteiger partial charge is 0.0973 e. The number of hydrogen-bond acceptors (Lipinski definition) is 1. The van der Waals surface area contributed by atoms with Crippen LogP contribution in [0, 0.1) is 0 Å². The van der Waals surface area contributed by atoms with Crippen LogP contribution < -0.4 is 10.0 Å². The first-order chi connectivity index (χ1) is 7.30. The molecule has 2 atom stereocenters. The summed E-state index contributed by atoms with van der Waals surface area (Å²) in [6.07, 6.45) is 0. The van der Waals surface area contributed by atoms with Crippen LogP contribution in [0.15, 0.2) is 22.7 Å². The SMILES string of the molecule is CC(C)(C)S(=O)NCc1ccc(P)cc1Br. The van der Waals surface area contributed by atoms with E-state index in [2.05, 4.69) is 29.9 Å². The minimum absolute atomic E-state index is 0.229.